The molecule has 0 spiro atoms. The Labute approximate surface area is 173 Å². The molecule has 1 unspecified atom stereocenters. The van der Waals surface area contributed by atoms with Gasteiger partial charge >= 0.3 is 0 Å². The lowest BCUT2D eigenvalue weighted by atomic mass is 9.99. The highest BCUT2D eigenvalue weighted by Crippen LogP contribution is 2.21. The van der Waals surface area contributed by atoms with Crippen LogP contribution >= 0.6 is 24.0 Å². The highest BCUT2D eigenvalue weighted by molar-refractivity contribution is 14.0. The van der Waals surface area contributed by atoms with Gasteiger partial charge in [-0.3, -0.25) is 0 Å². The fraction of sp³-hybridized carbons (Fsp3) is 0.526. The Kier molecular flexibility index (Phi) is 7.86. The van der Waals surface area contributed by atoms with Crippen LogP contribution in [0.5, 0.6) is 0 Å². The van der Waals surface area contributed by atoms with Crippen LogP contribution in [0.15, 0.2) is 35.3 Å². The molecular formula is C19H29IN6. The molecule has 26 heavy (non-hydrogen) atoms. The van der Waals surface area contributed by atoms with Crippen molar-refractivity contribution in [3.05, 3.63) is 47.5 Å². The zero-order chi connectivity index (χ0) is 17.6. The van der Waals surface area contributed by atoms with Crippen molar-refractivity contribution in [3.8, 4) is 0 Å². The summed E-state index contributed by atoms with van der Waals surface area (Å²) in [5.41, 5.74) is 1.42. The van der Waals surface area contributed by atoms with Crippen LogP contribution in [-0.2, 0) is 20.0 Å². The van der Waals surface area contributed by atoms with Crippen LogP contribution in [-0.4, -0.2) is 45.3 Å². The SMILES string of the molecule is CCNC(=NCc1nnc(C)n1C)N1CCC(Cc2ccccc2)C1.I. The average molecular weight is 468 g/mol. The van der Waals surface area contributed by atoms with Gasteiger partial charge in [0.05, 0.1) is 0 Å². The van der Waals surface area contributed by atoms with E-state index in [1.165, 1.54) is 12.0 Å². The van der Waals surface area contributed by atoms with Crippen molar-refractivity contribution in [2.24, 2.45) is 18.0 Å². The van der Waals surface area contributed by atoms with Gasteiger partial charge in [-0.05, 0) is 38.2 Å². The number of aliphatic imine (C=N–C) groups is 1. The van der Waals surface area contributed by atoms with Gasteiger partial charge in [-0.1, -0.05) is 30.3 Å². The molecule has 0 bridgehead atoms. The fourth-order valence-corrected chi connectivity index (χ4v) is 3.30. The molecule has 7 heteroatoms. The molecule has 1 N–H and O–H groups in total. The number of rotatable bonds is 5. The number of halogens is 1. The first-order chi connectivity index (χ1) is 12.2. The Morgan fingerprint density at radius 1 is 1.27 bits per heavy atom. The molecule has 0 aliphatic carbocycles. The van der Waals surface area contributed by atoms with Gasteiger partial charge in [-0.15, -0.1) is 34.2 Å². The van der Waals surface area contributed by atoms with E-state index in [1.807, 2.05) is 18.5 Å². The zero-order valence-electron chi connectivity index (χ0n) is 15.9. The van der Waals surface area contributed by atoms with E-state index < -0.39 is 0 Å². The summed E-state index contributed by atoms with van der Waals surface area (Å²) in [6, 6.07) is 10.8. The van der Waals surface area contributed by atoms with E-state index in [1.54, 1.807) is 0 Å². The number of guanidine groups is 1. The molecule has 142 valence electrons. The number of hydrogen-bond acceptors (Lipinski definition) is 3. The molecule has 3 rings (SSSR count). The van der Waals surface area contributed by atoms with Crippen molar-refractivity contribution < 1.29 is 0 Å². The number of hydrogen-bond donors (Lipinski definition) is 1. The predicted octanol–water partition coefficient (Wildman–Crippen LogP) is 2.77. The van der Waals surface area contributed by atoms with Gasteiger partial charge in [-0.2, -0.15) is 0 Å². The number of likely N-dealkylation sites (tertiary alicyclic amines) is 1. The third-order valence-electron chi connectivity index (χ3n) is 4.84. The quantitative estimate of drug-likeness (QED) is 0.417. The van der Waals surface area contributed by atoms with Crippen molar-refractivity contribution in [1.82, 2.24) is 25.0 Å². The monoisotopic (exact) mass is 468 g/mol. The summed E-state index contributed by atoms with van der Waals surface area (Å²) in [4.78, 5) is 7.16. The first kappa shape index (κ1) is 20.7. The normalized spacial score (nSPS) is 17.3. The molecule has 1 aromatic heterocycles. The van der Waals surface area contributed by atoms with Crippen LogP contribution in [0, 0.1) is 12.8 Å². The molecule has 1 atom stereocenters. The minimum atomic E-state index is 0. The van der Waals surface area contributed by atoms with Crippen molar-refractivity contribution in [2.45, 2.75) is 33.2 Å². The Morgan fingerprint density at radius 3 is 2.69 bits per heavy atom. The lowest BCUT2D eigenvalue weighted by Crippen LogP contribution is -2.40. The van der Waals surface area contributed by atoms with Gasteiger partial charge in [-0.25, -0.2) is 4.99 Å². The number of nitrogens with zero attached hydrogens (tertiary/aromatic N) is 5. The maximum atomic E-state index is 4.79. The summed E-state index contributed by atoms with van der Waals surface area (Å²) in [5.74, 6) is 3.48. The molecule has 0 saturated carbocycles. The molecule has 2 aromatic rings. The van der Waals surface area contributed by atoms with Gasteiger partial charge in [0.1, 0.15) is 12.4 Å². The molecule has 1 aliphatic rings. The third-order valence-corrected chi connectivity index (χ3v) is 4.84. The third kappa shape index (κ3) is 5.18. The second kappa shape index (κ2) is 9.89. The summed E-state index contributed by atoms with van der Waals surface area (Å²) >= 11 is 0. The van der Waals surface area contributed by atoms with Crippen LogP contribution in [0.4, 0.5) is 0 Å². The van der Waals surface area contributed by atoms with E-state index in [-0.39, 0.29) is 24.0 Å². The largest absolute Gasteiger partial charge is 0.357 e. The molecular weight excluding hydrogens is 439 g/mol. The topological polar surface area (TPSA) is 58.3 Å². The van der Waals surface area contributed by atoms with Gasteiger partial charge < -0.3 is 14.8 Å². The number of nitrogens with one attached hydrogen (secondary N) is 1. The summed E-state index contributed by atoms with van der Waals surface area (Å²) in [6.45, 7) is 7.61. The minimum absolute atomic E-state index is 0. The maximum Gasteiger partial charge on any atom is 0.194 e. The maximum absolute atomic E-state index is 4.79. The van der Waals surface area contributed by atoms with Gasteiger partial charge in [0.2, 0.25) is 0 Å². The zero-order valence-corrected chi connectivity index (χ0v) is 18.2. The van der Waals surface area contributed by atoms with E-state index in [0.717, 1.165) is 43.7 Å². The molecule has 1 aliphatic heterocycles. The molecule has 1 aromatic carbocycles. The summed E-state index contributed by atoms with van der Waals surface area (Å²) < 4.78 is 2.00. The highest BCUT2D eigenvalue weighted by atomic mass is 127. The second-order valence-corrected chi connectivity index (χ2v) is 6.68. The standard InChI is InChI=1S/C19H28N6.HI/c1-4-20-19(21-13-18-23-22-15(2)24(18)3)25-11-10-17(14-25)12-16-8-6-5-7-9-16;/h5-9,17H,4,10-14H2,1-3H3,(H,20,21);1H. The van der Waals surface area contributed by atoms with Crippen LogP contribution in [0.3, 0.4) is 0 Å². The van der Waals surface area contributed by atoms with Crippen molar-refractivity contribution in [3.63, 3.8) is 0 Å². The van der Waals surface area contributed by atoms with E-state index in [2.05, 4.69) is 57.7 Å². The lowest BCUT2D eigenvalue weighted by molar-refractivity contribution is 0.459. The Balaban J connectivity index is 0.00000243. The molecule has 1 fully saturated rings. The summed E-state index contributed by atoms with van der Waals surface area (Å²) in [6.07, 6.45) is 2.35. The van der Waals surface area contributed by atoms with E-state index in [0.29, 0.717) is 12.5 Å². The molecule has 2 heterocycles. The highest BCUT2D eigenvalue weighted by Gasteiger charge is 2.25. The lowest BCUT2D eigenvalue weighted by Gasteiger charge is -2.21. The van der Waals surface area contributed by atoms with E-state index >= 15 is 0 Å². The Morgan fingerprint density at radius 2 is 2.04 bits per heavy atom. The Hall–Kier alpha value is -1.64. The fourth-order valence-electron chi connectivity index (χ4n) is 3.30. The first-order valence-corrected chi connectivity index (χ1v) is 9.09. The predicted molar refractivity (Wildman–Crippen MR) is 116 cm³/mol. The van der Waals surface area contributed by atoms with Crippen LogP contribution < -0.4 is 5.32 Å². The van der Waals surface area contributed by atoms with Crippen LogP contribution in [0.1, 0.15) is 30.6 Å². The van der Waals surface area contributed by atoms with Gasteiger partial charge in [0.15, 0.2) is 11.8 Å². The minimum Gasteiger partial charge on any atom is -0.357 e. The molecule has 0 radical (unpaired) electrons. The van der Waals surface area contributed by atoms with Gasteiger partial charge in [0, 0.05) is 26.7 Å². The Bertz CT molecular complexity index is 712. The number of benzene rings is 1. The molecule has 6 nitrogen and oxygen atoms in total. The van der Waals surface area contributed by atoms with Crippen molar-refractivity contribution >= 4 is 29.9 Å². The average Bonchev–Trinajstić information content (AvgIpc) is 3.21. The van der Waals surface area contributed by atoms with Crippen LogP contribution in [0.2, 0.25) is 0 Å². The summed E-state index contributed by atoms with van der Waals surface area (Å²) in [7, 11) is 1.98. The second-order valence-electron chi connectivity index (χ2n) is 6.68. The summed E-state index contributed by atoms with van der Waals surface area (Å²) in [5, 5.41) is 11.7. The van der Waals surface area contributed by atoms with Crippen LogP contribution in [0.25, 0.3) is 0 Å². The first-order valence-electron chi connectivity index (χ1n) is 9.09. The number of aryl methyl sites for hydroxylation is 1. The van der Waals surface area contributed by atoms with Gasteiger partial charge in [0.25, 0.3) is 0 Å². The molecule has 0 amide bonds. The van der Waals surface area contributed by atoms with E-state index in [9.17, 15) is 0 Å². The smallest absolute Gasteiger partial charge is 0.194 e. The number of aromatic nitrogens is 3. The molecule has 1 saturated heterocycles. The van der Waals surface area contributed by atoms with Crippen molar-refractivity contribution in [2.75, 3.05) is 19.6 Å². The van der Waals surface area contributed by atoms with Crippen molar-refractivity contribution in [1.29, 1.82) is 0 Å². The van der Waals surface area contributed by atoms with E-state index in [4.69, 9.17) is 4.99 Å².